The van der Waals surface area contributed by atoms with Crippen LogP contribution in [0.1, 0.15) is 58.3 Å². The topological polar surface area (TPSA) is 12.0 Å². The maximum absolute atomic E-state index is 3.77. The van der Waals surface area contributed by atoms with Crippen LogP contribution in [0.15, 0.2) is 0 Å². The number of hydrogen-bond donors (Lipinski definition) is 1. The molecule has 2 fully saturated rings. The molecule has 2 rings (SSSR count). The van der Waals surface area contributed by atoms with Crippen molar-refractivity contribution in [1.82, 2.24) is 5.32 Å². The molecule has 0 saturated heterocycles. The van der Waals surface area contributed by atoms with E-state index in [1.807, 2.05) is 0 Å². The maximum atomic E-state index is 3.77. The maximum Gasteiger partial charge on any atom is 0.00980 e. The van der Waals surface area contributed by atoms with Crippen LogP contribution in [0.2, 0.25) is 0 Å². The van der Waals surface area contributed by atoms with Crippen molar-refractivity contribution < 1.29 is 0 Å². The van der Waals surface area contributed by atoms with Crippen molar-refractivity contribution in [3.8, 4) is 0 Å². The lowest BCUT2D eigenvalue weighted by molar-refractivity contribution is 0.349. The summed E-state index contributed by atoms with van der Waals surface area (Å²) in [7, 11) is 0. The van der Waals surface area contributed by atoms with Gasteiger partial charge in [-0.1, -0.05) is 32.6 Å². The molecular weight excluding hydrogens is 170 g/mol. The van der Waals surface area contributed by atoms with E-state index in [-0.39, 0.29) is 0 Å². The highest BCUT2D eigenvalue weighted by atomic mass is 14.9. The Hall–Kier alpha value is -0.0400. The highest BCUT2D eigenvalue weighted by Crippen LogP contribution is 2.44. The van der Waals surface area contributed by atoms with E-state index in [0.717, 1.165) is 17.9 Å². The highest BCUT2D eigenvalue weighted by molar-refractivity contribution is 4.93. The van der Waals surface area contributed by atoms with Gasteiger partial charge in [-0.05, 0) is 44.1 Å². The molecule has 0 spiro atoms. The summed E-state index contributed by atoms with van der Waals surface area (Å²) in [6.07, 6.45) is 11.6. The first-order valence-corrected chi connectivity index (χ1v) is 6.63. The molecule has 2 saturated carbocycles. The zero-order chi connectivity index (χ0) is 9.80. The predicted molar refractivity (Wildman–Crippen MR) is 61.4 cm³/mol. The van der Waals surface area contributed by atoms with Gasteiger partial charge in [0, 0.05) is 6.04 Å². The van der Waals surface area contributed by atoms with Crippen molar-refractivity contribution in [2.45, 2.75) is 64.3 Å². The number of unbranched alkanes of at least 4 members (excludes halogenated alkanes) is 3. The molecule has 2 aliphatic rings. The van der Waals surface area contributed by atoms with Gasteiger partial charge in [0.1, 0.15) is 0 Å². The Balaban J connectivity index is 1.54. The lowest BCUT2D eigenvalue weighted by Crippen LogP contribution is -2.34. The molecule has 0 amide bonds. The smallest absolute Gasteiger partial charge is 0.00980 e. The second-order valence-corrected chi connectivity index (χ2v) is 5.30. The second-order valence-electron chi connectivity index (χ2n) is 5.30. The van der Waals surface area contributed by atoms with Crippen LogP contribution >= 0.6 is 0 Å². The largest absolute Gasteiger partial charge is 0.314 e. The molecular formula is C13H25N. The number of rotatable bonds is 6. The van der Waals surface area contributed by atoms with E-state index in [9.17, 15) is 0 Å². The molecule has 2 aliphatic carbocycles. The van der Waals surface area contributed by atoms with Crippen molar-refractivity contribution in [3.05, 3.63) is 0 Å². The third-order valence-corrected chi connectivity index (χ3v) is 4.17. The summed E-state index contributed by atoms with van der Waals surface area (Å²) in [5.74, 6) is 2.14. The normalized spacial score (nSPS) is 35.4. The van der Waals surface area contributed by atoms with Crippen molar-refractivity contribution >= 4 is 0 Å². The average molecular weight is 195 g/mol. The Morgan fingerprint density at radius 1 is 1.07 bits per heavy atom. The molecule has 0 unspecified atom stereocenters. The fourth-order valence-corrected chi connectivity index (χ4v) is 3.33. The molecule has 1 N–H and O–H groups in total. The van der Waals surface area contributed by atoms with Crippen LogP contribution in [-0.2, 0) is 0 Å². The fraction of sp³-hybridized carbons (Fsp3) is 1.00. The Labute approximate surface area is 88.7 Å². The minimum absolute atomic E-state index is 0.898. The van der Waals surface area contributed by atoms with Gasteiger partial charge in [-0.3, -0.25) is 0 Å². The van der Waals surface area contributed by atoms with Gasteiger partial charge in [0.25, 0.3) is 0 Å². The molecule has 1 nitrogen and oxygen atoms in total. The highest BCUT2D eigenvalue weighted by Gasteiger charge is 2.38. The third-order valence-electron chi connectivity index (χ3n) is 4.17. The summed E-state index contributed by atoms with van der Waals surface area (Å²) < 4.78 is 0. The van der Waals surface area contributed by atoms with E-state index in [1.165, 1.54) is 57.9 Å². The van der Waals surface area contributed by atoms with Crippen LogP contribution in [0, 0.1) is 11.8 Å². The zero-order valence-corrected chi connectivity index (χ0v) is 9.60. The van der Waals surface area contributed by atoms with Crippen LogP contribution in [0.4, 0.5) is 0 Å². The molecule has 0 radical (unpaired) electrons. The molecule has 0 heterocycles. The average Bonchev–Trinajstić information content (AvgIpc) is 2.79. The Morgan fingerprint density at radius 3 is 2.64 bits per heavy atom. The Morgan fingerprint density at radius 2 is 2.00 bits per heavy atom. The number of fused-ring (bicyclic) bond motifs is 2. The van der Waals surface area contributed by atoms with Gasteiger partial charge in [0.2, 0.25) is 0 Å². The van der Waals surface area contributed by atoms with Gasteiger partial charge in [0.05, 0.1) is 0 Å². The van der Waals surface area contributed by atoms with E-state index in [0.29, 0.717) is 0 Å². The monoisotopic (exact) mass is 195 g/mol. The van der Waals surface area contributed by atoms with Crippen molar-refractivity contribution in [2.24, 2.45) is 11.8 Å². The first-order chi connectivity index (χ1) is 6.90. The van der Waals surface area contributed by atoms with Crippen molar-refractivity contribution in [3.63, 3.8) is 0 Å². The summed E-state index contributed by atoms with van der Waals surface area (Å²) in [6, 6.07) is 0.898. The first kappa shape index (κ1) is 10.5. The summed E-state index contributed by atoms with van der Waals surface area (Å²) in [6.45, 7) is 3.55. The number of nitrogens with one attached hydrogen (secondary N) is 1. The first-order valence-electron chi connectivity index (χ1n) is 6.63. The number of hydrogen-bond acceptors (Lipinski definition) is 1. The third kappa shape index (κ3) is 2.50. The van der Waals surface area contributed by atoms with E-state index < -0.39 is 0 Å². The molecule has 3 atom stereocenters. The Kier molecular flexibility index (Phi) is 3.86. The van der Waals surface area contributed by atoms with Crippen molar-refractivity contribution in [1.29, 1.82) is 0 Å². The van der Waals surface area contributed by atoms with E-state index >= 15 is 0 Å². The summed E-state index contributed by atoms with van der Waals surface area (Å²) >= 11 is 0. The van der Waals surface area contributed by atoms with Gasteiger partial charge >= 0.3 is 0 Å². The van der Waals surface area contributed by atoms with Crippen molar-refractivity contribution in [2.75, 3.05) is 6.54 Å². The van der Waals surface area contributed by atoms with Gasteiger partial charge in [0.15, 0.2) is 0 Å². The minimum atomic E-state index is 0.898. The van der Waals surface area contributed by atoms with Crippen LogP contribution in [0.5, 0.6) is 0 Å². The molecule has 0 aromatic rings. The molecule has 82 valence electrons. The molecule has 0 aromatic heterocycles. The van der Waals surface area contributed by atoms with E-state index in [4.69, 9.17) is 0 Å². The Bertz CT molecular complexity index is 167. The predicted octanol–water partition coefficient (Wildman–Crippen LogP) is 3.34. The van der Waals surface area contributed by atoms with E-state index in [2.05, 4.69) is 12.2 Å². The molecule has 0 aliphatic heterocycles. The molecule has 14 heavy (non-hydrogen) atoms. The quantitative estimate of drug-likeness (QED) is 0.641. The molecule has 1 heteroatoms. The van der Waals surface area contributed by atoms with Gasteiger partial charge in [-0.15, -0.1) is 0 Å². The lowest BCUT2D eigenvalue weighted by atomic mass is 9.95. The summed E-state index contributed by atoms with van der Waals surface area (Å²) in [5.41, 5.74) is 0. The van der Waals surface area contributed by atoms with Crippen LogP contribution in [-0.4, -0.2) is 12.6 Å². The zero-order valence-electron chi connectivity index (χ0n) is 9.60. The van der Waals surface area contributed by atoms with Gasteiger partial charge < -0.3 is 5.32 Å². The lowest BCUT2D eigenvalue weighted by Gasteiger charge is -2.22. The minimum Gasteiger partial charge on any atom is -0.314 e. The summed E-state index contributed by atoms with van der Waals surface area (Å²) in [4.78, 5) is 0. The fourth-order valence-electron chi connectivity index (χ4n) is 3.33. The molecule has 0 aromatic carbocycles. The summed E-state index contributed by atoms with van der Waals surface area (Å²) in [5, 5.41) is 3.77. The van der Waals surface area contributed by atoms with Crippen LogP contribution in [0.25, 0.3) is 0 Å². The van der Waals surface area contributed by atoms with Gasteiger partial charge in [-0.2, -0.15) is 0 Å². The van der Waals surface area contributed by atoms with Crippen LogP contribution < -0.4 is 5.32 Å². The molecule has 2 bridgehead atoms. The SMILES string of the molecule is CCCCCCN[C@@H]1C[C@H]2CC[C@H]1C2. The van der Waals surface area contributed by atoms with Crippen LogP contribution in [0.3, 0.4) is 0 Å². The standard InChI is InChI=1S/C13H25N/c1-2-3-4-5-8-14-13-10-11-6-7-12(13)9-11/h11-14H,2-10H2,1H3/t11-,12-,13+/m0/s1. The van der Waals surface area contributed by atoms with Gasteiger partial charge in [-0.25, -0.2) is 0 Å². The second kappa shape index (κ2) is 5.16. The van der Waals surface area contributed by atoms with E-state index in [1.54, 1.807) is 0 Å².